The number of hydrogen-bond acceptors (Lipinski definition) is 7. The zero-order valence-electron chi connectivity index (χ0n) is 18.9. The molecule has 0 bridgehead atoms. The van der Waals surface area contributed by atoms with Crippen LogP contribution in [-0.2, 0) is 4.74 Å². The van der Waals surface area contributed by atoms with E-state index in [-0.39, 0.29) is 5.91 Å². The first-order valence-electron chi connectivity index (χ1n) is 11.0. The molecule has 8 heteroatoms. The normalized spacial score (nSPS) is 13.8. The highest BCUT2D eigenvalue weighted by Crippen LogP contribution is 2.39. The van der Waals surface area contributed by atoms with Crippen LogP contribution in [0.2, 0.25) is 0 Å². The molecule has 1 saturated heterocycles. The molecule has 3 rings (SSSR count). The standard InChI is InChI=1S/C24H31N3O5/c1-4-30-21-15-19(16-22(31-5-2)23(21)32-6-3)24(28)26-25-17-18-7-9-20(10-8-18)27-11-13-29-14-12-27/h7-10,15-17H,4-6,11-14H2,1-3H3,(H,26,28)/b25-17+. The molecule has 32 heavy (non-hydrogen) atoms. The minimum atomic E-state index is -0.365. The Balaban J connectivity index is 1.68. The van der Waals surface area contributed by atoms with Gasteiger partial charge in [0.05, 0.1) is 39.2 Å². The second-order valence-electron chi connectivity index (χ2n) is 6.99. The van der Waals surface area contributed by atoms with E-state index in [9.17, 15) is 4.79 Å². The van der Waals surface area contributed by atoms with Gasteiger partial charge in [-0.15, -0.1) is 0 Å². The number of amides is 1. The van der Waals surface area contributed by atoms with Crippen molar-refractivity contribution in [2.24, 2.45) is 5.10 Å². The summed E-state index contributed by atoms with van der Waals surface area (Å²) in [4.78, 5) is 15.0. The average Bonchev–Trinajstić information content (AvgIpc) is 2.82. The predicted octanol–water partition coefficient (Wildman–Crippen LogP) is 3.48. The summed E-state index contributed by atoms with van der Waals surface area (Å²) in [6, 6.07) is 11.3. The Morgan fingerprint density at radius 1 is 1.00 bits per heavy atom. The molecule has 0 unspecified atom stereocenters. The molecule has 0 aliphatic carbocycles. The Hall–Kier alpha value is -3.26. The number of nitrogens with zero attached hydrogens (tertiary/aromatic N) is 2. The molecule has 1 heterocycles. The van der Waals surface area contributed by atoms with Crippen LogP contribution in [-0.4, -0.2) is 58.2 Å². The van der Waals surface area contributed by atoms with Gasteiger partial charge in [0.25, 0.3) is 5.91 Å². The summed E-state index contributed by atoms with van der Waals surface area (Å²) < 4.78 is 22.4. The maximum absolute atomic E-state index is 12.7. The largest absolute Gasteiger partial charge is 0.490 e. The third kappa shape index (κ3) is 6.13. The van der Waals surface area contributed by atoms with Crippen LogP contribution < -0.4 is 24.5 Å². The van der Waals surface area contributed by atoms with Crippen molar-refractivity contribution in [3.8, 4) is 17.2 Å². The molecule has 172 valence electrons. The van der Waals surface area contributed by atoms with Gasteiger partial charge in [0.2, 0.25) is 5.75 Å². The fourth-order valence-corrected chi connectivity index (χ4v) is 3.34. The third-order valence-electron chi connectivity index (χ3n) is 4.82. The van der Waals surface area contributed by atoms with E-state index in [0.717, 1.165) is 37.6 Å². The summed E-state index contributed by atoms with van der Waals surface area (Å²) in [5.74, 6) is 1.06. The minimum Gasteiger partial charge on any atom is -0.490 e. The Morgan fingerprint density at radius 2 is 1.59 bits per heavy atom. The van der Waals surface area contributed by atoms with Crippen LogP contribution in [0.5, 0.6) is 17.2 Å². The zero-order chi connectivity index (χ0) is 22.8. The number of hydrogen-bond donors (Lipinski definition) is 1. The maximum atomic E-state index is 12.7. The molecular weight excluding hydrogens is 410 g/mol. The van der Waals surface area contributed by atoms with Gasteiger partial charge in [-0.1, -0.05) is 12.1 Å². The van der Waals surface area contributed by atoms with E-state index in [0.29, 0.717) is 42.6 Å². The Bertz CT molecular complexity index is 881. The Kier molecular flexibility index (Phi) is 8.74. The summed E-state index contributed by atoms with van der Waals surface area (Å²) in [5, 5.41) is 4.10. The van der Waals surface area contributed by atoms with Crippen molar-refractivity contribution < 1.29 is 23.7 Å². The first-order chi connectivity index (χ1) is 15.7. The van der Waals surface area contributed by atoms with Crippen LogP contribution in [0.1, 0.15) is 36.7 Å². The van der Waals surface area contributed by atoms with Crippen LogP contribution in [0.4, 0.5) is 5.69 Å². The number of anilines is 1. The van der Waals surface area contributed by atoms with Crippen molar-refractivity contribution in [3.63, 3.8) is 0 Å². The van der Waals surface area contributed by atoms with Gasteiger partial charge in [0, 0.05) is 24.3 Å². The number of hydrazone groups is 1. The summed E-state index contributed by atoms with van der Waals surface area (Å²) in [6.07, 6.45) is 1.61. The molecule has 1 amide bonds. The number of carbonyl (C=O) groups is 1. The first kappa shape index (κ1) is 23.4. The van der Waals surface area contributed by atoms with Crippen molar-refractivity contribution >= 4 is 17.8 Å². The molecule has 0 aromatic heterocycles. The van der Waals surface area contributed by atoms with Gasteiger partial charge in [-0.3, -0.25) is 4.79 Å². The zero-order valence-corrected chi connectivity index (χ0v) is 18.9. The van der Waals surface area contributed by atoms with E-state index < -0.39 is 0 Å². The second-order valence-corrected chi connectivity index (χ2v) is 6.99. The van der Waals surface area contributed by atoms with Crippen molar-refractivity contribution in [1.29, 1.82) is 0 Å². The molecule has 2 aromatic rings. The quantitative estimate of drug-likeness (QED) is 0.449. The van der Waals surface area contributed by atoms with E-state index in [1.807, 2.05) is 45.0 Å². The summed E-state index contributed by atoms with van der Waals surface area (Å²) in [6.45, 7) is 10.2. The third-order valence-corrected chi connectivity index (χ3v) is 4.82. The van der Waals surface area contributed by atoms with Gasteiger partial charge in [-0.2, -0.15) is 5.10 Å². The van der Waals surface area contributed by atoms with Gasteiger partial charge in [-0.05, 0) is 50.6 Å². The van der Waals surface area contributed by atoms with Gasteiger partial charge >= 0.3 is 0 Å². The number of carbonyl (C=O) groups excluding carboxylic acids is 1. The number of benzene rings is 2. The fourth-order valence-electron chi connectivity index (χ4n) is 3.34. The van der Waals surface area contributed by atoms with E-state index >= 15 is 0 Å². The van der Waals surface area contributed by atoms with Crippen molar-refractivity contribution in [2.45, 2.75) is 20.8 Å². The number of nitrogens with one attached hydrogen (secondary N) is 1. The summed E-state index contributed by atoms with van der Waals surface area (Å²) in [7, 11) is 0. The number of rotatable bonds is 10. The molecule has 1 aliphatic heterocycles. The van der Waals surface area contributed by atoms with Gasteiger partial charge < -0.3 is 23.8 Å². The van der Waals surface area contributed by atoms with Crippen LogP contribution in [0.15, 0.2) is 41.5 Å². The molecule has 8 nitrogen and oxygen atoms in total. The van der Waals surface area contributed by atoms with Crippen molar-refractivity contribution in [3.05, 3.63) is 47.5 Å². The number of ether oxygens (including phenoxy) is 4. The number of morpholine rings is 1. The molecule has 0 saturated carbocycles. The lowest BCUT2D eigenvalue weighted by molar-refractivity contribution is 0.0954. The van der Waals surface area contributed by atoms with E-state index in [1.54, 1.807) is 18.3 Å². The minimum absolute atomic E-state index is 0.365. The molecule has 1 aliphatic rings. The highest BCUT2D eigenvalue weighted by Gasteiger charge is 2.18. The average molecular weight is 442 g/mol. The topological polar surface area (TPSA) is 81.6 Å². The van der Waals surface area contributed by atoms with Crippen LogP contribution in [0.25, 0.3) is 0 Å². The van der Waals surface area contributed by atoms with Crippen LogP contribution in [0.3, 0.4) is 0 Å². The lowest BCUT2D eigenvalue weighted by atomic mass is 10.1. The SMILES string of the molecule is CCOc1cc(C(=O)N/N=C/c2ccc(N3CCOCC3)cc2)cc(OCC)c1OCC. The smallest absolute Gasteiger partial charge is 0.271 e. The molecule has 0 atom stereocenters. The fraction of sp³-hybridized carbons (Fsp3) is 0.417. The first-order valence-corrected chi connectivity index (χ1v) is 11.0. The van der Waals surface area contributed by atoms with Crippen molar-refractivity contribution in [2.75, 3.05) is 51.0 Å². The predicted molar refractivity (Wildman–Crippen MR) is 124 cm³/mol. The lowest BCUT2D eigenvalue weighted by Crippen LogP contribution is -2.36. The van der Waals surface area contributed by atoms with E-state index in [1.165, 1.54) is 0 Å². The molecule has 0 radical (unpaired) electrons. The van der Waals surface area contributed by atoms with Gasteiger partial charge in [0.15, 0.2) is 11.5 Å². The summed E-state index contributed by atoms with van der Waals surface area (Å²) in [5.41, 5.74) is 4.98. The van der Waals surface area contributed by atoms with Crippen LogP contribution in [0, 0.1) is 0 Å². The van der Waals surface area contributed by atoms with Gasteiger partial charge in [0.1, 0.15) is 0 Å². The molecular formula is C24H31N3O5. The Morgan fingerprint density at radius 3 is 2.16 bits per heavy atom. The van der Waals surface area contributed by atoms with E-state index in [4.69, 9.17) is 18.9 Å². The van der Waals surface area contributed by atoms with E-state index in [2.05, 4.69) is 15.4 Å². The lowest BCUT2D eigenvalue weighted by Gasteiger charge is -2.28. The van der Waals surface area contributed by atoms with Crippen molar-refractivity contribution in [1.82, 2.24) is 5.43 Å². The Labute approximate surface area is 189 Å². The highest BCUT2D eigenvalue weighted by molar-refractivity contribution is 5.96. The van der Waals surface area contributed by atoms with Gasteiger partial charge in [-0.25, -0.2) is 5.43 Å². The monoisotopic (exact) mass is 441 g/mol. The van der Waals surface area contributed by atoms with Crippen LogP contribution >= 0.6 is 0 Å². The molecule has 2 aromatic carbocycles. The highest BCUT2D eigenvalue weighted by atomic mass is 16.5. The molecule has 1 fully saturated rings. The maximum Gasteiger partial charge on any atom is 0.271 e. The molecule has 0 spiro atoms. The molecule has 1 N–H and O–H groups in total. The second kappa shape index (κ2) is 12.0. The summed E-state index contributed by atoms with van der Waals surface area (Å²) >= 11 is 0.